The number of carbonyl (C=O) groups excluding carboxylic acids is 1. The molecule has 0 atom stereocenters. The number of halogens is 1. The number of rotatable bonds is 8. The summed E-state index contributed by atoms with van der Waals surface area (Å²) < 4.78 is 13.4. The van der Waals surface area contributed by atoms with Gasteiger partial charge in [0.15, 0.2) is 0 Å². The van der Waals surface area contributed by atoms with Gasteiger partial charge in [0.05, 0.1) is 17.7 Å². The Morgan fingerprint density at radius 3 is 2.60 bits per heavy atom. The molecule has 2 aromatic carbocycles. The highest BCUT2D eigenvalue weighted by Gasteiger charge is 2.24. The highest BCUT2D eigenvalue weighted by atomic mass is 35.5. The summed E-state index contributed by atoms with van der Waals surface area (Å²) in [5, 5.41) is 0.662. The molecule has 0 aliphatic rings. The van der Waals surface area contributed by atoms with Gasteiger partial charge in [-0.25, -0.2) is 4.98 Å². The average Bonchev–Trinajstić information content (AvgIpc) is 3.28. The summed E-state index contributed by atoms with van der Waals surface area (Å²) in [6.07, 6.45) is 2.24. The summed E-state index contributed by atoms with van der Waals surface area (Å²) in [6.45, 7) is 5.52. The van der Waals surface area contributed by atoms with Gasteiger partial charge in [0.2, 0.25) is 0 Å². The minimum atomic E-state index is -0.826. The van der Waals surface area contributed by atoms with E-state index in [0.717, 1.165) is 16.0 Å². The van der Waals surface area contributed by atoms with Crippen molar-refractivity contribution in [3.63, 3.8) is 0 Å². The van der Waals surface area contributed by atoms with E-state index >= 15 is 0 Å². The standard InChI is InChI=1S/C26H26ClN3O4S/c1-4-16-11-19(9-10-21(16)33-14-26(2,3)34-23(31)13-28)30-15-29-20-12-22(35-24(20)25(30)32)17-5-7-18(27)8-6-17/h5-12,15H,4,13-14,28H2,1-3H3. The summed E-state index contributed by atoms with van der Waals surface area (Å²) in [5.41, 5.74) is 7.64. The molecule has 2 aromatic heterocycles. The Kier molecular flexibility index (Phi) is 7.25. The zero-order chi connectivity index (χ0) is 25.2. The Bertz CT molecular complexity index is 1430. The van der Waals surface area contributed by atoms with Crippen LogP contribution >= 0.6 is 22.9 Å². The van der Waals surface area contributed by atoms with Gasteiger partial charge in [-0.3, -0.25) is 14.2 Å². The summed E-state index contributed by atoms with van der Waals surface area (Å²) in [6, 6.07) is 15.0. The highest BCUT2D eigenvalue weighted by Crippen LogP contribution is 2.32. The van der Waals surface area contributed by atoms with E-state index in [1.165, 1.54) is 11.3 Å². The van der Waals surface area contributed by atoms with E-state index in [4.69, 9.17) is 26.8 Å². The van der Waals surface area contributed by atoms with E-state index in [-0.39, 0.29) is 18.7 Å². The molecule has 4 rings (SSSR count). The molecule has 0 saturated carbocycles. The van der Waals surface area contributed by atoms with Crippen LogP contribution in [-0.4, -0.2) is 34.3 Å². The number of nitrogens with two attached hydrogens (primary N) is 1. The number of ether oxygens (including phenoxy) is 2. The van der Waals surface area contributed by atoms with Gasteiger partial charge in [0, 0.05) is 9.90 Å². The lowest BCUT2D eigenvalue weighted by Crippen LogP contribution is -2.37. The molecule has 0 fully saturated rings. The molecule has 0 aliphatic carbocycles. The molecule has 9 heteroatoms. The van der Waals surface area contributed by atoms with E-state index < -0.39 is 11.6 Å². The van der Waals surface area contributed by atoms with Gasteiger partial charge in [-0.1, -0.05) is 30.7 Å². The molecule has 4 aromatic rings. The van der Waals surface area contributed by atoms with Gasteiger partial charge in [-0.05, 0) is 67.8 Å². The van der Waals surface area contributed by atoms with Crippen molar-refractivity contribution in [3.05, 3.63) is 75.8 Å². The normalized spacial score (nSPS) is 11.6. The molecule has 0 bridgehead atoms. The maximum atomic E-state index is 13.3. The van der Waals surface area contributed by atoms with Crippen LogP contribution in [0.1, 0.15) is 26.3 Å². The third-order valence-corrected chi connectivity index (χ3v) is 6.82. The van der Waals surface area contributed by atoms with Crippen molar-refractivity contribution in [2.24, 2.45) is 5.73 Å². The molecule has 2 N–H and O–H groups in total. The summed E-state index contributed by atoms with van der Waals surface area (Å²) in [5.74, 6) is 0.177. The van der Waals surface area contributed by atoms with Crippen molar-refractivity contribution >= 4 is 39.1 Å². The molecule has 35 heavy (non-hydrogen) atoms. The van der Waals surface area contributed by atoms with Gasteiger partial charge in [0.25, 0.3) is 5.56 Å². The fraction of sp³-hybridized carbons (Fsp3) is 0.269. The molecule has 0 amide bonds. The zero-order valence-electron chi connectivity index (χ0n) is 19.7. The van der Waals surface area contributed by atoms with Crippen LogP contribution in [0.5, 0.6) is 5.75 Å². The predicted molar refractivity (Wildman–Crippen MR) is 140 cm³/mol. The maximum absolute atomic E-state index is 13.3. The smallest absolute Gasteiger partial charge is 0.320 e. The lowest BCUT2D eigenvalue weighted by molar-refractivity contribution is -0.157. The van der Waals surface area contributed by atoms with Gasteiger partial charge in [-0.15, -0.1) is 11.3 Å². The highest BCUT2D eigenvalue weighted by molar-refractivity contribution is 7.22. The minimum absolute atomic E-state index is 0.134. The number of benzene rings is 2. The van der Waals surface area contributed by atoms with Crippen molar-refractivity contribution in [2.75, 3.05) is 13.2 Å². The first-order chi connectivity index (χ1) is 16.7. The van der Waals surface area contributed by atoms with Crippen LogP contribution in [0.2, 0.25) is 5.02 Å². The van der Waals surface area contributed by atoms with Crippen LogP contribution in [0.15, 0.2) is 59.7 Å². The number of hydrogen-bond donors (Lipinski definition) is 1. The minimum Gasteiger partial charge on any atom is -0.489 e. The first kappa shape index (κ1) is 24.9. The predicted octanol–water partition coefficient (Wildman–Crippen LogP) is 4.99. The van der Waals surface area contributed by atoms with Crippen molar-refractivity contribution in [3.8, 4) is 21.9 Å². The van der Waals surface area contributed by atoms with E-state index in [2.05, 4.69) is 4.98 Å². The van der Waals surface area contributed by atoms with Gasteiger partial charge in [0.1, 0.15) is 29.0 Å². The quantitative estimate of drug-likeness (QED) is 0.335. The Morgan fingerprint density at radius 2 is 1.91 bits per heavy atom. The second-order valence-electron chi connectivity index (χ2n) is 8.62. The second kappa shape index (κ2) is 10.2. The monoisotopic (exact) mass is 511 g/mol. The van der Waals surface area contributed by atoms with Crippen LogP contribution in [0.4, 0.5) is 0 Å². The first-order valence-electron chi connectivity index (χ1n) is 11.2. The number of hydrogen-bond acceptors (Lipinski definition) is 7. The van der Waals surface area contributed by atoms with Crippen LogP contribution in [-0.2, 0) is 16.0 Å². The van der Waals surface area contributed by atoms with Crippen molar-refractivity contribution in [1.29, 1.82) is 0 Å². The van der Waals surface area contributed by atoms with E-state index in [1.54, 1.807) is 24.7 Å². The van der Waals surface area contributed by atoms with Crippen LogP contribution in [0.3, 0.4) is 0 Å². The molecule has 0 spiro atoms. The molecular weight excluding hydrogens is 486 g/mol. The largest absolute Gasteiger partial charge is 0.489 e. The molecular formula is C26H26ClN3O4S. The Hall–Kier alpha value is -3.20. The first-order valence-corrected chi connectivity index (χ1v) is 12.4. The van der Waals surface area contributed by atoms with Gasteiger partial charge >= 0.3 is 5.97 Å². The average molecular weight is 512 g/mol. The number of nitrogens with zero attached hydrogens (tertiary/aromatic N) is 2. The number of aryl methyl sites for hydroxylation is 1. The fourth-order valence-electron chi connectivity index (χ4n) is 3.62. The molecule has 2 heterocycles. The molecule has 0 radical (unpaired) electrons. The van der Waals surface area contributed by atoms with E-state index in [9.17, 15) is 9.59 Å². The topological polar surface area (TPSA) is 96.4 Å². The summed E-state index contributed by atoms with van der Waals surface area (Å²) in [7, 11) is 0. The molecule has 7 nitrogen and oxygen atoms in total. The van der Waals surface area contributed by atoms with Crippen molar-refractivity contribution in [1.82, 2.24) is 9.55 Å². The number of thiophene rings is 1. The molecule has 182 valence electrons. The van der Waals surface area contributed by atoms with Crippen molar-refractivity contribution < 1.29 is 14.3 Å². The SMILES string of the molecule is CCc1cc(-n2cnc3cc(-c4ccc(Cl)cc4)sc3c2=O)ccc1OCC(C)(C)OC(=O)CN. The molecule has 0 unspecified atom stereocenters. The van der Waals surface area contributed by atoms with Gasteiger partial charge in [-0.2, -0.15) is 0 Å². The third-order valence-electron chi connectivity index (χ3n) is 5.40. The van der Waals surface area contributed by atoms with Crippen LogP contribution in [0, 0.1) is 0 Å². The molecule has 0 saturated heterocycles. The van der Waals surface area contributed by atoms with Crippen molar-refractivity contribution in [2.45, 2.75) is 32.8 Å². The number of fused-ring (bicyclic) bond motifs is 1. The Balaban J connectivity index is 1.62. The summed E-state index contributed by atoms with van der Waals surface area (Å²) >= 11 is 7.41. The van der Waals surface area contributed by atoms with Crippen LogP contribution in [0.25, 0.3) is 26.3 Å². The van der Waals surface area contributed by atoms with E-state index in [0.29, 0.717) is 33.1 Å². The second-order valence-corrected chi connectivity index (χ2v) is 10.1. The third kappa shape index (κ3) is 5.56. The Morgan fingerprint density at radius 1 is 1.17 bits per heavy atom. The number of esters is 1. The Labute approximate surface area is 212 Å². The lowest BCUT2D eigenvalue weighted by Gasteiger charge is -2.25. The maximum Gasteiger partial charge on any atom is 0.320 e. The molecule has 0 aliphatic heterocycles. The van der Waals surface area contributed by atoms with Gasteiger partial charge < -0.3 is 15.2 Å². The summed E-state index contributed by atoms with van der Waals surface area (Å²) in [4.78, 5) is 30.3. The fourth-order valence-corrected chi connectivity index (χ4v) is 4.79. The lowest BCUT2D eigenvalue weighted by atomic mass is 10.1. The van der Waals surface area contributed by atoms with Crippen LogP contribution < -0.4 is 16.0 Å². The zero-order valence-corrected chi connectivity index (χ0v) is 21.3. The van der Waals surface area contributed by atoms with E-state index in [1.807, 2.05) is 55.5 Å². The number of carbonyl (C=O) groups is 1. The number of aromatic nitrogens is 2.